The third-order valence-electron chi connectivity index (χ3n) is 4.15. The molecule has 0 heterocycles. The van der Waals surface area contributed by atoms with E-state index in [-0.39, 0.29) is 36.5 Å². The summed E-state index contributed by atoms with van der Waals surface area (Å²) in [6.07, 6.45) is 0.0628. The fourth-order valence-electron chi connectivity index (χ4n) is 2.32. The SMILES string of the molecule is [CH2]C(C)C(C)OC[C@H](O)CNC(C)(C)Cc1ccc(CN)c(F)c1. The molecule has 1 aromatic carbocycles. The standard InChI is InChI=1S/C19H32FN2O2/c1-13(2)14(3)24-12-17(23)11-22-19(4,5)9-15-6-7-16(10-21)18(20)8-15/h6-8,13-14,17,22-23H,1,9-12,21H2,2-5H3/t13?,14?,17-/m1/s1. The maximum absolute atomic E-state index is 13.8. The Balaban J connectivity index is 2.47. The van der Waals surface area contributed by atoms with E-state index in [2.05, 4.69) is 12.2 Å². The molecule has 0 bridgehead atoms. The molecule has 0 aromatic heterocycles. The lowest BCUT2D eigenvalue weighted by Crippen LogP contribution is -2.46. The van der Waals surface area contributed by atoms with Gasteiger partial charge in [0.1, 0.15) is 5.82 Å². The highest BCUT2D eigenvalue weighted by molar-refractivity contribution is 5.25. The van der Waals surface area contributed by atoms with Gasteiger partial charge in [0, 0.05) is 24.2 Å². The average molecular weight is 339 g/mol. The Morgan fingerprint density at radius 3 is 2.58 bits per heavy atom. The molecule has 0 aliphatic carbocycles. The van der Waals surface area contributed by atoms with Crippen LogP contribution in [0.5, 0.6) is 0 Å². The van der Waals surface area contributed by atoms with E-state index >= 15 is 0 Å². The van der Waals surface area contributed by atoms with Gasteiger partial charge in [0.2, 0.25) is 0 Å². The number of β-amino-alcohol motifs (C(OH)–C–C–N with tert-alkyl or cyclic N) is 1. The Kier molecular flexibility index (Phi) is 8.30. The molecule has 0 saturated carbocycles. The zero-order chi connectivity index (χ0) is 18.3. The van der Waals surface area contributed by atoms with Crippen LogP contribution in [0, 0.1) is 18.7 Å². The average Bonchev–Trinajstić information content (AvgIpc) is 2.50. The maximum atomic E-state index is 13.8. The number of nitrogens with two attached hydrogens (primary N) is 1. The Hall–Kier alpha value is -1.01. The molecule has 2 unspecified atom stereocenters. The molecule has 0 aliphatic rings. The summed E-state index contributed by atoms with van der Waals surface area (Å²) in [5.41, 5.74) is 6.62. The van der Waals surface area contributed by atoms with Gasteiger partial charge in [-0.05, 0) is 51.7 Å². The Bertz CT molecular complexity index is 506. The van der Waals surface area contributed by atoms with Crippen LogP contribution in [0.25, 0.3) is 0 Å². The molecule has 4 nitrogen and oxygen atoms in total. The smallest absolute Gasteiger partial charge is 0.127 e. The highest BCUT2D eigenvalue weighted by Crippen LogP contribution is 2.16. The van der Waals surface area contributed by atoms with Gasteiger partial charge in [0.15, 0.2) is 0 Å². The summed E-state index contributed by atoms with van der Waals surface area (Å²) in [5, 5.41) is 13.4. The summed E-state index contributed by atoms with van der Waals surface area (Å²) in [6.45, 7) is 12.8. The molecule has 0 fully saturated rings. The van der Waals surface area contributed by atoms with Crippen molar-refractivity contribution in [2.75, 3.05) is 13.2 Å². The number of aliphatic hydroxyl groups is 1. The van der Waals surface area contributed by atoms with E-state index in [1.807, 2.05) is 33.8 Å². The van der Waals surface area contributed by atoms with E-state index in [1.165, 1.54) is 6.07 Å². The summed E-state index contributed by atoms with van der Waals surface area (Å²) >= 11 is 0. The van der Waals surface area contributed by atoms with Gasteiger partial charge in [0.25, 0.3) is 0 Å². The predicted molar refractivity (Wildman–Crippen MR) is 96.0 cm³/mol. The summed E-state index contributed by atoms with van der Waals surface area (Å²) in [4.78, 5) is 0. The van der Waals surface area contributed by atoms with Gasteiger partial charge >= 0.3 is 0 Å². The molecule has 0 amide bonds. The van der Waals surface area contributed by atoms with E-state index in [0.29, 0.717) is 18.5 Å². The van der Waals surface area contributed by atoms with Crippen LogP contribution in [0.1, 0.15) is 38.8 Å². The van der Waals surface area contributed by atoms with E-state index in [1.54, 1.807) is 6.07 Å². The van der Waals surface area contributed by atoms with Crippen molar-refractivity contribution in [2.45, 2.75) is 58.4 Å². The molecule has 1 radical (unpaired) electrons. The molecular weight excluding hydrogens is 307 g/mol. The van der Waals surface area contributed by atoms with Gasteiger partial charge in [0.05, 0.1) is 18.8 Å². The van der Waals surface area contributed by atoms with Crippen molar-refractivity contribution in [1.29, 1.82) is 0 Å². The normalized spacial score (nSPS) is 14.9. The maximum Gasteiger partial charge on any atom is 0.127 e. The summed E-state index contributed by atoms with van der Waals surface area (Å²) in [5.74, 6) is -0.0940. The summed E-state index contributed by atoms with van der Waals surface area (Å²) in [7, 11) is 0. The Morgan fingerprint density at radius 1 is 1.38 bits per heavy atom. The molecule has 0 saturated heterocycles. The third kappa shape index (κ3) is 7.26. The highest BCUT2D eigenvalue weighted by atomic mass is 19.1. The van der Waals surface area contributed by atoms with Gasteiger partial charge in [-0.3, -0.25) is 0 Å². The summed E-state index contributed by atoms with van der Waals surface area (Å²) in [6, 6.07) is 5.15. The number of aliphatic hydroxyl groups excluding tert-OH is 1. The van der Waals surface area contributed by atoms with Crippen LogP contribution in [0.3, 0.4) is 0 Å². The first-order chi connectivity index (χ1) is 11.1. The molecule has 5 heteroatoms. The molecule has 0 spiro atoms. The fourth-order valence-corrected chi connectivity index (χ4v) is 2.32. The van der Waals surface area contributed by atoms with Crippen molar-refractivity contribution in [2.24, 2.45) is 11.7 Å². The second kappa shape index (κ2) is 9.47. The van der Waals surface area contributed by atoms with Crippen molar-refractivity contribution < 1.29 is 14.2 Å². The number of benzene rings is 1. The van der Waals surface area contributed by atoms with Gasteiger partial charge in [-0.1, -0.05) is 19.1 Å². The monoisotopic (exact) mass is 339 g/mol. The highest BCUT2D eigenvalue weighted by Gasteiger charge is 2.20. The number of halogens is 1. The number of nitrogens with one attached hydrogen (secondary N) is 1. The van der Waals surface area contributed by atoms with E-state index < -0.39 is 6.10 Å². The first-order valence-corrected chi connectivity index (χ1v) is 8.49. The van der Waals surface area contributed by atoms with E-state index in [0.717, 1.165) is 5.56 Å². The minimum atomic E-state index is -0.596. The molecule has 4 N–H and O–H groups in total. The molecule has 1 aromatic rings. The predicted octanol–water partition coefficient (Wildman–Crippen LogP) is 2.43. The first-order valence-electron chi connectivity index (χ1n) is 8.49. The lowest BCUT2D eigenvalue weighted by Gasteiger charge is -2.28. The molecule has 1 rings (SSSR count). The van der Waals surface area contributed by atoms with Gasteiger partial charge in [-0.15, -0.1) is 0 Å². The first kappa shape index (κ1) is 21.0. The zero-order valence-corrected chi connectivity index (χ0v) is 15.3. The van der Waals surface area contributed by atoms with Crippen LogP contribution in [-0.2, 0) is 17.7 Å². The lowest BCUT2D eigenvalue weighted by molar-refractivity contribution is -0.0167. The van der Waals surface area contributed by atoms with Crippen LogP contribution in [0.15, 0.2) is 18.2 Å². The largest absolute Gasteiger partial charge is 0.389 e. The zero-order valence-electron chi connectivity index (χ0n) is 15.3. The number of rotatable bonds is 10. The topological polar surface area (TPSA) is 67.5 Å². The number of hydrogen-bond donors (Lipinski definition) is 3. The number of hydrogen-bond acceptors (Lipinski definition) is 4. The summed E-state index contributed by atoms with van der Waals surface area (Å²) < 4.78 is 19.4. The van der Waals surface area contributed by atoms with Crippen LogP contribution >= 0.6 is 0 Å². The second-order valence-corrected chi connectivity index (χ2v) is 7.24. The number of ether oxygens (including phenoxy) is 1. The molecule has 24 heavy (non-hydrogen) atoms. The van der Waals surface area contributed by atoms with Gasteiger partial charge < -0.3 is 20.9 Å². The quantitative estimate of drug-likeness (QED) is 0.612. The molecule has 137 valence electrons. The van der Waals surface area contributed by atoms with Crippen LogP contribution in [0.2, 0.25) is 0 Å². The minimum absolute atomic E-state index is 0.0108. The van der Waals surface area contributed by atoms with Crippen LogP contribution < -0.4 is 11.1 Å². The molecular formula is C19H32FN2O2. The van der Waals surface area contributed by atoms with Crippen molar-refractivity contribution in [3.8, 4) is 0 Å². The van der Waals surface area contributed by atoms with Crippen molar-refractivity contribution in [1.82, 2.24) is 5.32 Å². The van der Waals surface area contributed by atoms with Crippen molar-refractivity contribution in [3.05, 3.63) is 42.1 Å². The van der Waals surface area contributed by atoms with Gasteiger partial charge in [-0.2, -0.15) is 0 Å². The van der Waals surface area contributed by atoms with Crippen molar-refractivity contribution in [3.63, 3.8) is 0 Å². The molecule has 0 aliphatic heterocycles. The molecule has 3 atom stereocenters. The van der Waals surface area contributed by atoms with Crippen molar-refractivity contribution >= 4 is 0 Å². The fraction of sp³-hybridized carbons (Fsp3) is 0.632. The third-order valence-corrected chi connectivity index (χ3v) is 4.15. The van der Waals surface area contributed by atoms with Crippen LogP contribution in [0.4, 0.5) is 4.39 Å². The van der Waals surface area contributed by atoms with E-state index in [9.17, 15) is 9.50 Å². The Morgan fingerprint density at radius 2 is 2.04 bits per heavy atom. The second-order valence-electron chi connectivity index (χ2n) is 7.24. The Labute approximate surface area is 145 Å². The van der Waals surface area contributed by atoms with E-state index in [4.69, 9.17) is 10.5 Å². The van der Waals surface area contributed by atoms with Gasteiger partial charge in [-0.25, -0.2) is 4.39 Å². The minimum Gasteiger partial charge on any atom is -0.389 e. The van der Waals surface area contributed by atoms with Crippen LogP contribution in [-0.4, -0.2) is 36.0 Å². The lowest BCUT2D eigenvalue weighted by atomic mass is 9.94.